The van der Waals surface area contributed by atoms with Gasteiger partial charge in [0, 0.05) is 23.6 Å². The number of rotatable bonds is 3. The quantitative estimate of drug-likeness (QED) is 0.922. The van der Waals surface area contributed by atoms with Gasteiger partial charge in [-0.15, -0.1) is 0 Å². The van der Waals surface area contributed by atoms with Gasteiger partial charge in [-0.05, 0) is 25.0 Å². The summed E-state index contributed by atoms with van der Waals surface area (Å²) in [4.78, 5) is 18.7. The first kappa shape index (κ1) is 11.9. The summed E-state index contributed by atoms with van der Waals surface area (Å²) < 4.78 is 18.9. The smallest absolute Gasteiger partial charge is 0.251 e. The van der Waals surface area contributed by atoms with Crippen molar-refractivity contribution in [3.8, 4) is 17.0 Å². The molecule has 1 aliphatic rings. The number of hydrogen-bond donors (Lipinski definition) is 1. The molecule has 1 fully saturated rings. The SMILES string of the molecule is COc1ccc(-c2cc(=O)[nH]c(C3CC3)n2)c(F)c1. The summed E-state index contributed by atoms with van der Waals surface area (Å²) >= 11 is 0. The van der Waals surface area contributed by atoms with Crippen molar-refractivity contribution in [2.24, 2.45) is 0 Å². The van der Waals surface area contributed by atoms with E-state index in [9.17, 15) is 9.18 Å². The minimum absolute atomic E-state index is 0.248. The van der Waals surface area contributed by atoms with Crippen LogP contribution in [0.5, 0.6) is 5.75 Å². The summed E-state index contributed by atoms with van der Waals surface area (Å²) in [6.45, 7) is 0. The number of aromatic nitrogens is 2. The molecule has 98 valence electrons. The van der Waals surface area contributed by atoms with Crippen molar-refractivity contribution in [2.45, 2.75) is 18.8 Å². The van der Waals surface area contributed by atoms with Crippen LogP contribution in [0, 0.1) is 5.82 Å². The number of methoxy groups -OCH3 is 1. The highest BCUT2D eigenvalue weighted by molar-refractivity contribution is 5.60. The van der Waals surface area contributed by atoms with Crippen LogP contribution in [0.3, 0.4) is 0 Å². The molecule has 0 radical (unpaired) electrons. The molecule has 2 aromatic rings. The van der Waals surface area contributed by atoms with Crippen molar-refractivity contribution in [3.63, 3.8) is 0 Å². The van der Waals surface area contributed by atoms with Crippen LogP contribution < -0.4 is 10.3 Å². The zero-order valence-corrected chi connectivity index (χ0v) is 10.4. The predicted molar refractivity (Wildman–Crippen MR) is 68.8 cm³/mol. The van der Waals surface area contributed by atoms with E-state index in [-0.39, 0.29) is 5.56 Å². The van der Waals surface area contributed by atoms with E-state index in [1.165, 1.54) is 19.2 Å². The van der Waals surface area contributed by atoms with E-state index in [1.807, 2.05) is 0 Å². The number of nitrogens with zero attached hydrogens (tertiary/aromatic N) is 1. The number of hydrogen-bond acceptors (Lipinski definition) is 3. The molecule has 1 aromatic carbocycles. The summed E-state index contributed by atoms with van der Waals surface area (Å²) in [7, 11) is 1.48. The number of benzene rings is 1. The van der Waals surface area contributed by atoms with E-state index in [0.717, 1.165) is 12.8 Å². The van der Waals surface area contributed by atoms with Gasteiger partial charge in [0.15, 0.2) is 0 Å². The first-order valence-corrected chi connectivity index (χ1v) is 6.12. The van der Waals surface area contributed by atoms with Crippen molar-refractivity contribution in [1.82, 2.24) is 9.97 Å². The van der Waals surface area contributed by atoms with Crippen LogP contribution in [0.2, 0.25) is 0 Å². The summed E-state index contributed by atoms with van der Waals surface area (Å²) in [5.74, 6) is 0.958. The average Bonchev–Trinajstić information content (AvgIpc) is 3.22. The van der Waals surface area contributed by atoms with Crippen molar-refractivity contribution >= 4 is 0 Å². The van der Waals surface area contributed by atoms with Gasteiger partial charge in [0.2, 0.25) is 0 Å². The molecule has 3 rings (SSSR count). The van der Waals surface area contributed by atoms with Crippen LogP contribution >= 0.6 is 0 Å². The normalized spacial score (nSPS) is 14.4. The summed E-state index contributed by atoms with van der Waals surface area (Å²) in [5.41, 5.74) is 0.432. The maximum Gasteiger partial charge on any atom is 0.251 e. The van der Waals surface area contributed by atoms with Crippen molar-refractivity contribution < 1.29 is 9.13 Å². The van der Waals surface area contributed by atoms with E-state index in [2.05, 4.69) is 9.97 Å². The number of H-pyrrole nitrogens is 1. The van der Waals surface area contributed by atoms with Crippen molar-refractivity contribution in [3.05, 3.63) is 46.3 Å². The lowest BCUT2D eigenvalue weighted by Crippen LogP contribution is -2.10. The van der Waals surface area contributed by atoms with Gasteiger partial charge in [-0.1, -0.05) is 0 Å². The number of ether oxygens (including phenoxy) is 1. The fraction of sp³-hybridized carbons (Fsp3) is 0.286. The van der Waals surface area contributed by atoms with Gasteiger partial charge in [0.1, 0.15) is 17.4 Å². The molecule has 1 N–H and O–H groups in total. The Hall–Kier alpha value is -2.17. The van der Waals surface area contributed by atoms with Crippen LogP contribution in [0.4, 0.5) is 4.39 Å². The number of aromatic amines is 1. The minimum Gasteiger partial charge on any atom is -0.497 e. The van der Waals surface area contributed by atoms with Crippen LogP contribution in [0.15, 0.2) is 29.1 Å². The monoisotopic (exact) mass is 260 g/mol. The minimum atomic E-state index is -0.445. The summed E-state index contributed by atoms with van der Waals surface area (Å²) in [6, 6.07) is 5.83. The molecule has 1 aliphatic carbocycles. The molecule has 0 bridgehead atoms. The zero-order valence-electron chi connectivity index (χ0n) is 10.4. The molecule has 1 heterocycles. The standard InChI is InChI=1S/C14H13FN2O2/c1-19-9-4-5-10(11(15)6-9)12-7-13(18)17-14(16-12)8-2-3-8/h4-8H,2-3H2,1H3,(H,16,17,18). The first-order valence-electron chi connectivity index (χ1n) is 6.12. The van der Waals surface area contributed by atoms with Gasteiger partial charge in [-0.2, -0.15) is 0 Å². The summed E-state index contributed by atoms with van der Waals surface area (Å²) in [5, 5.41) is 0. The second-order valence-corrected chi connectivity index (χ2v) is 4.64. The molecule has 0 atom stereocenters. The highest BCUT2D eigenvalue weighted by Gasteiger charge is 2.26. The molecule has 4 nitrogen and oxygen atoms in total. The Balaban J connectivity index is 2.08. The van der Waals surface area contributed by atoms with Crippen LogP contribution in [0.25, 0.3) is 11.3 Å². The molecular formula is C14H13FN2O2. The van der Waals surface area contributed by atoms with E-state index < -0.39 is 5.82 Å². The number of halogens is 1. The topological polar surface area (TPSA) is 55.0 Å². The molecule has 0 unspecified atom stereocenters. The number of nitrogens with one attached hydrogen (secondary N) is 1. The Kier molecular flexibility index (Phi) is 2.81. The maximum absolute atomic E-state index is 14.0. The lowest BCUT2D eigenvalue weighted by Gasteiger charge is -2.06. The van der Waals surface area contributed by atoms with E-state index in [0.29, 0.717) is 28.7 Å². The fourth-order valence-corrected chi connectivity index (χ4v) is 2.00. The second kappa shape index (κ2) is 4.50. The van der Waals surface area contributed by atoms with Gasteiger partial charge in [-0.25, -0.2) is 9.37 Å². The van der Waals surface area contributed by atoms with Crippen LogP contribution in [0.1, 0.15) is 24.6 Å². The van der Waals surface area contributed by atoms with E-state index in [4.69, 9.17) is 4.74 Å². The molecule has 1 aromatic heterocycles. The largest absolute Gasteiger partial charge is 0.497 e. The third kappa shape index (κ3) is 2.36. The average molecular weight is 260 g/mol. The highest BCUT2D eigenvalue weighted by Crippen LogP contribution is 2.38. The van der Waals surface area contributed by atoms with Gasteiger partial charge >= 0.3 is 0 Å². The van der Waals surface area contributed by atoms with Gasteiger partial charge in [-0.3, -0.25) is 4.79 Å². The molecule has 0 spiro atoms. The Bertz CT molecular complexity index is 677. The molecule has 19 heavy (non-hydrogen) atoms. The molecular weight excluding hydrogens is 247 g/mol. The van der Waals surface area contributed by atoms with Crippen molar-refractivity contribution in [2.75, 3.05) is 7.11 Å². The lowest BCUT2D eigenvalue weighted by atomic mass is 10.1. The molecule has 0 saturated heterocycles. The third-order valence-electron chi connectivity index (χ3n) is 3.18. The van der Waals surface area contributed by atoms with Crippen LogP contribution in [-0.4, -0.2) is 17.1 Å². The van der Waals surface area contributed by atoms with Gasteiger partial charge < -0.3 is 9.72 Å². The Morgan fingerprint density at radius 3 is 2.79 bits per heavy atom. The summed E-state index contributed by atoms with van der Waals surface area (Å²) in [6.07, 6.45) is 2.05. The third-order valence-corrected chi connectivity index (χ3v) is 3.18. The molecule has 0 amide bonds. The Morgan fingerprint density at radius 2 is 2.16 bits per heavy atom. The van der Waals surface area contributed by atoms with Gasteiger partial charge in [0.25, 0.3) is 5.56 Å². The van der Waals surface area contributed by atoms with Gasteiger partial charge in [0.05, 0.1) is 12.8 Å². The maximum atomic E-state index is 14.0. The Labute approximate surface area is 109 Å². The van der Waals surface area contributed by atoms with Crippen LogP contribution in [-0.2, 0) is 0 Å². The Morgan fingerprint density at radius 1 is 1.37 bits per heavy atom. The first-order chi connectivity index (χ1) is 9.17. The van der Waals surface area contributed by atoms with Crippen molar-refractivity contribution in [1.29, 1.82) is 0 Å². The lowest BCUT2D eigenvalue weighted by molar-refractivity contribution is 0.411. The predicted octanol–water partition coefficient (Wildman–Crippen LogP) is 2.46. The molecule has 5 heteroatoms. The van der Waals surface area contributed by atoms with E-state index >= 15 is 0 Å². The zero-order chi connectivity index (χ0) is 13.4. The molecule has 0 aliphatic heterocycles. The van der Waals surface area contributed by atoms with E-state index in [1.54, 1.807) is 12.1 Å². The fourth-order valence-electron chi connectivity index (χ4n) is 2.00. The highest BCUT2D eigenvalue weighted by atomic mass is 19.1. The second-order valence-electron chi connectivity index (χ2n) is 4.64. The molecule has 1 saturated carbocycles.